The van der Waals surface area contributed by atoms with Crippen molar-refractivity contribution in [3.05, 3.63) is 35.9 Å². The van der Waals surface area contributed by atoms with Gasteiger partial charge in [0, 0.05) is 32.2 Å². The molecule has 2 nitrogen and oxygen atoms in total. The second-order valence-electron chi connectivity index (χ2n) is 4.86. The van der Waals surface area contributed by atoms with Crippen molar-refractivity contribution in [1.29, 1.82) is 0 Å². The Morgan fingerprint density at radius 1 is 1.38 bits per heavy atom. The van der Waals surface area contributed by atoms with Crippen molar-refractivity contribution in [3.8, 4) is 0 Å². The largest absolute Gasteiger partial charge is 0.314 e. The molecule has 0 aromatic heterocycles. The summed E-state index contributed by atoms with van der Waals surface area (Å²) in [6.45, 7) is 9.24. The van der Waals surface area contributed by atoms with Gasteiger partial charge in [-0.1, -0.05) is 37.3 Å². The molecule has 1 aliphatic heterocycles. The van der Waals surface area contributed by atoms with E-state index in [9.17, 15) is 0 Å². The summed E-state index contributed by atoms with van der Waals surface area (Å²) in [5.41, 5.74) is 1.45. The van der Waals surface area contributed by atoms with Gasteiger partial charge in [-0.2, -0.15) is 0 Å². The minimum atomic E-state index is 0.627. The third-order valence-electron chi connectivity index (χ3n) is 3.52. The van der Waals surface area contributed by atoms with Gasteiger partial charge >= 0.3 is 0 Å². The molecule has 1 aliphatic rings. The number of piperazine rings is 1. The first-order valence-electron chi connectivity index (χ1n) is 6.27. The monoisotopic (exact) mass is 218 g/mol. The summed E-state index contributed by atoms with van der Waals surface area (Å²) in [5, 5.41) is 3.44. The summed E-state index contributed by atoms with van der Waals surface area (Å²) >= 11 is 0. The highest BCUT2D eigenvalue weighted by molar-refractivity contribution is 5.19. The average Bonchev–Trinajstić information content (AvgIpc) is 2.33. The summed E-state index contributed by atoms with van der Waals surface area (Å²) in [6.07, 6.45) is 0. The van der Waals surface area contributed by atoms with E-state index >= 15 is 0 Å². The van der Waals surface area contributed by atoms with Crippen LogP contribution in [0, 0.1) is 0 Å². The van der Waals surface area contributed by atoms with Crippen LogP contribution < -0.4 is 5.32 Å². The predicted molar refractivity (Wildman–Crippen MR) is 68.8 cm³/mol. The first-order chi connectivity index (χ1) is 7.77. The lowest BCUT2D eigenvalue weighted by Crippen LogP contribution is -2.50. The highest BCUT2D eigenvalue weighted by atomic mass is 15.2. The van der Waals surface area contributed by atoms with Gasteiger partial charge in [-0.05, 0) is 18.4 Å². The van der Waals surface area contributed by atoms with Gasteiger partial charge in [0.05, 0.1) is 0 Å². The van der Waals surface area contributed by atoms with E-state index in [0.29, 0.717) is 12.0 Å². The highest BCUT2D eigenvalue weighted by Gasteiger charge is 2.19. The van der Waals surface area contributed by atoms with E-state index in [1.165, 1.54) is 18.7 Å². The van der Waals surface area contributed by atoms with Crippen LogP contribution in [-0.4, -0.2) is 37.1 Å². The Bertz CT molecular complexity index is 310. The van der Waals surface area contributed by atoms with Crippen molar-refractivity contribution in [1.82, 2.24) is 10.2 Å². The second kappa shape index (κ2) is 5.46. The minimum Gasteiger partial charge on any atom is -0.314 e. The standard InChI is InChI=1S/C14H22N2/c1-12(14-6-4-3-5-7-14)11-16-9-8-15-10-13(16)2/h3-7,12-13,15H,8-11H2,1-2H3. The molecule has 1 saturated heterocycles. The van der Waals surface area contributed by atoms with Crippen LogP contribution in [0.3, 0.4) is 0 Å². The first kappa shape index (κ1) is 11.6. The lowest BCUT2D eigenvalue weighted by molar-refractivity contribution is 0.166. The molecule has 0 bridgehead atoms. The molecule has 2 heteroatoms. The van der Waals surface area contributed by atoms with Gasteiger partial charge in [-0.25, -0.2) is 0 Å². The van der Waals surface area contributed by atoms with Crippen LogP contribution in [0.1, 0.15) is 25.3 Å². The van der Waals surface area contributed by atoms with E-state index in [-0.39, 0.29) is 0 Å². The topological polar surface area (TPSA) is 15.3 Å². The van der Waals surface area contributed by atoms with E-state index in [2.05, 4.69) is 54.4 Å². The van der Waals surface area contributed by atoms with Crippen molar-refractivity contribution in [3.63, 3.8) is 0 Å². The van der Waals surface area contributed by atoms with Crippen LogP contribution in [0.2, 0.25) is 0 Å². The Labute approximate surface area is 98.7 Å². The van der Waals surface area contributed by atoms with Gasteiger partial charge in [0.25, 0.3) is 0 Å². The Morgan fingerprint density at radius 3 is 2.81 bits per heavy atom. The van der Waals surface area contributed by atoms with E-state index < -0.39 is 0 Å². The van der Waals surface area contributed by atoms with Crippen LogP contribution in [0.25, 0.3) is 0 Å². The third-order valence-corrected chi connectivity index (χ3v) is 3.52. The summed E-state index contributed by atoms with van der Waals surface area (Å²) in [7, 11) is 0. The molecule has 0 saturated carbocycles. The number of hydrogen-bond donors (Lipinski definition) is 1. The molecule has 0 radical (unpaired) electrons. The predicted octanol–water partition coefficient (Wildman–Crippen LogP) is 2.08. The van der Waals surface area contributed by atoms with Crippen molar-refractivity contribution >= 4 is 0 Å². The molecule has 16 heavy (non-hydrogen) atoms. The molecular weight excluding hydrogens is 196 g/mol. The summed E-state index contributed by atoms with van der Waals surface area (Å²) < 4.78 is 0. The zero-order valence-electron chi connectivity index (χ0n) is 10.3. The second-order valence-corrected chi connectivity index (χ2v) is 4.86. The first-order valence-corrected chi connectivity index (χ1v) is 6.27. The summed E-state index contributed by atoms with van der Waals surface area (Å²) in [5.74, 6) is 0.627. The van der Waals surface area contributed by atoms with Gasteiger partial charge in [-0.15, -0.1) is 0 Å². The highest BCUT2D eigenvalue weighted by Crippen LogP contribution is 2.17. The summed E-state index contributed by atoms with van der Waals surface area (Å²) in [4.78, 5) is 2.59. The maximum absolute atomic E-state index is 3.44. The van der Waals surface area contributed by atoms with E-state index in [1.54, 1.807) is 0 Å². The quantitative estimate of drug-likeness (QED) is 0.835. The number of benzene rings is 1. The molecule has 1 fully saturated rings. The Balaban J connectivity index is 1.94. The van der Waals surface area contributed by atoms with Crippen molar-refractivity contribution in [2.75, 3.05) is 26.2 Å². The lowest BCUT2D eigenvalue weighted by atomic mass is 10.00. The lowest BCUT2D eigenvalue weighted by Gasteiger charge is -2.35. The molecule has 0 amide bonds. The maximum Gasteiger partial charge on any atom is 0.0193 e. The fraction of sp³-hybridized carbons (Fsp3) is 0.571. The fourth-order valence-corrected chi connectivity index (χ4v) is 2.39. The van der Waals surface area contributed by atoms with Crippen molar-refractivity contribution in [2.24, 2.45) is 0 Å². The molecule has 1 aromatic rings. The van der Waals surface area contributed by atoms with Gasteiger partial charge in [0.1, 0.15) is 0 Å². The minimum absolute atomic E-state index is 0.627. The molecule has 2 atom stereocenters. The molecule has 1 heterocycles. The zero-order chi connectivity index (χ0) is 11.4. The zero-order valence-corrected chi connectivity index (χ0v) is 10.3. The number of nitrogens with one attached hydrogen (secondary N) is 1. The molecule has 0 aliphatic carbocycles. The van der Waals surface area contributed by atoms with E-state index in [0.717, 1.165) is 13.1 Å². The maximum atomic E-state index is 3.44. The van der Waals surface area contributed by atoms with Crippen LogP contribution in [-0.2, 0) is 0 Å². The normalized spacial score (nSPS) is 24.2. The van der Waals surface area contributed by atoms with Crippen LogP contribution in [0.4, 0.5) is 0 Å². The van der Waals surface area contributed by atoms with Crippen LogP contribution >= 0.6 is 0 Å². The van der Waals surface area contributed by atoms with Crippen LogP contribution in [0.15, 0.2) is 30.3 Å². The van der Waals surface area contributed by atoms with Gasteiger partial charge in [0.15, 0.2) is 0 Å². The number of nitrogens with zero attached hydrogens (tertiary/aromatic N) is 1. The number of hydrogen-bond acceptors (Lipinski definition) is 2. The van der Waals surface area contributed by atoms with Gasteiger partial charge in [-0.3, -0.25) is 4.90 Å². The Kier molecular flexibility index (Phi) is 3.97. The van der Waals surface area contributed by atoms with Crippen molar-refractivity contribution in [2.45, 2.75) is 25.8 Å². The number of rotatable bonds is 3. The Hall–Kier alpha value is -0.860. The van der Waals surface area contributed by atoms with Gasteiger partial charge < -0.3 is 5.32 Å². The Morgan fingerprint density at radius 2 is 2.12 bits per heavy atom. The van der Waals surface area contributed by atoms with Gasteiger partial charge in [0.2, 0.25) is 0 Å². The molecular formula is C14H22N2. The SMILES string of the molecule is CC(CN1CCNCC1C)c1ccccc1. The molecule has 1 N–H and O–H groups in total. The molecule has 2 unspecified atom stereocenters. The molecule has 88 valence electrons. The molecule has 2 rings (SSSR count). The fourth-order valence-electron chi connectivity index (χ4n) is 2.39. The summed E-state index contributed by atoms with van der Waals surface area (Å²) in [6, 6.07) is 11.5. The van der Waals surface area contributed by atoms with Crippen LogP contribution in [0.5, 0.6) is 0 Å². The third kappa shape index (κ3) is 2.83. The molecule has 1 aromatic carbocycles. The molecule has 0 spiro atoms. The van der Waals surface area contributed by atoms with E-state index in [4.69, 9.17) is 0 Å². The van der Waals surface area contributed by atoms with E-state index in [1.807, 2.05) is 0 Å². The average molecular weight is 218 g/mol. The van der Waals surface area contributed by atoms with Crippen molar-refractivity contribution < 1.29 is 0 Å². The smallest absolute Gasteiger partial charge is 0.0193 e.